The summed E-state index contributed by atoms with van der Waals surface area (Å²) in [5, 5.41) is 3.66. The van der Waals surface area contributed by atoms with Crippen molar-refractivity contribution in [2.75, 3.05) is 46.3 Å². The monoisotopic (exact) mass is 273 g/mol. The van der Waals surface area contributed by atoms with Gasteiger partial charge in [0.1, 0.15) is 0 Å². The predicted octanol–water partition coefficient (Wildman–Crippen LogP) is 1.97. The molecule has 1 aromatic carbocycles. The van der Waals surface area contributed by atoms with Crippen molar-refractivity contribution in [3.05, 3.63) is 35.9 Å². The number of hydrogen-bond acceptors (Lipinski definition) is 3. The summed E-state index contributed by atoms with van der Waals surface area (Å²) in [4.78, 5) is 5.13. The van der Waals surface area contributed by atoms with Crippen LogP contribution in [-0.2, 0) is 0 Å². The largest absolute Gasteiger partial charge is 0.308 e. The minimum atomic E-state index is 0.510. The molecule has 2 saturated heterocycles. The molecular weight excluding hydrogens is 246 g/mol. The van der Waals surface area contributed by atoms with Crippen molar-refractivity contribution < 1.29 is 0 Å². The summed E-state index contributed by atoms with van der Waals surface area (Å²) in [5.74, 6) is 0.903. The fraction of sp³-hybridized carbons (Fsp3) is 0.647. The van der Waals surface area contributed by atoms with Crippen molar-refractivity contribution in [3.63, 3.8) is 0 Å². The molecule has 1 N–H and O–H groups in total. The summed E-state index contributed by atoms with van der Waals surface area (Å²) in [7, 11) is 2.24. The average molecular weight is 273 g/mol. The molecule has 110 valence electrons. The van der Waals surface area contributed by atoms with Gasteiger partial charge >= 0.3 is 0 Å². The molecule has 0 aromatic heterocycles. The van der Waals surface area contributed by atoms with Gasteiger partial charge in [0.2, 0.25) is 0 Å². The Morgan fingerprint density at radius 1 is 1.10 bits per heavy atom. The van der Waals surface area contributed by atoms with E-state index in [1.54, 1.807) is 0 Å². The lowest BCUT2D eigenvalue weighted by molar-refractivity contribution is 0.134. The topological polar surface area (TPSA) is 18.5 Å². The van der Waals surface area contributed by atoms with Crippen molar-refractivity contribution >= 4 is 0 Å². The molecule has 2 heterocycles. The van der Waals surface area contributed by atoms with Gasteiger partial charge in [0.05, 0.1) is 0 Å². The number of piperidine rings is 1. The quantitative estimate of drug-likeness (QED) is 0.908. The lowest BCUT2D eigenvalue weighted by Gasteiger charge is -2.38. The van der Waals surface area contributed by atoms with E-state index in [4.69, 9.17) is 0 Å². The van der Waals surface area contributed by atoms with E-state index in [0.717, 1.165) is 19.0 Å². The first-order valence-electron chi connectivity index (χ1n) is 8.00. The first-order valence-corrected chi connectivity index (χ1v) is 8.00. The molecule has 20 heavy (non-hydrogen) atoms. The molecule has 3 rings (SSSR count). The Labute approximate surface area is 123 Å². The number of piperazine rings is 1. The van der Waals surface area contributed by atoms with Crippen LogP contribution < -0.4 is 5.32 Å². The maximum atomic E-state index is 3.66. The smallest absolute Gasteiger partial charge is 0.0449 e. The van der Waals surface area contributed by atoms with E-state index >= 15 is 0 Å². The summed E-state index contributed by atoms with van der Waals surface area (Å²) in [6, 6.07) is 11.4. The number of nitrogens with zero attached hydrogens (tertiary/aromatic N) is 2. The van der Waals surface area contributed by atoms with E-state index in [0.29, 0.717) is 6.04 Å². The number of benzene rings is 1. The molecule has 2 aliphatic heterocycles. The van der Waals surface area contributed by atoms with E-state index in [2.05, 4.69) is 52.5 Å². The zero-order chi connectivity index (χ0) is 13.8. The summed E-state index contributed by atoms with van der Waals surface area (Å²) < 4.78 is 0. The van der Waals surface area contributed by atoms with Crippen molar-refractivity contribution in [3.8, 4) is 0 Å². The molecule has 0 aliphatic carbocycles. The van der Waals surface area contributed by atoms with Crippen LogP contribution in [0, 0.1) is 5.92 Å². The Bertz CT molecular complexity index is 398. The zero-order valence-electron chi connectivity index (χ0n) is 12.6. The third-order valence-corrected chi connectivity index (χ3v) is 4.82. The highest BCUT2D eigenvalue weighted by molar-refractivity contribution is 5.19. The van der Waals surface area contributed by atoms with E-state index in [-0.39, 0.29) is 0 Å². The van der Waals surface area contributed by atoms with Gasteiger partial charge in [-0.1, -0.05) is 30.3 Å². The van der Waals surface area contributed by atoms with Crippen molar-refractivity contribution in [1.82, 2.24) is 15.1 Å². The van der Waals surface area contributed by atoms with Gasteiger partial charge in [-0.25, -0.2) is 0 Å². The third kappa shape index (κ3) is 3.60. The second-order valence-electron chi connectivity index (χ2n) is 6.42. The van der Waals surface area contributed by atoms with Gasteiger partial charge in [-0.3, -0.25) is 4.90 Å². The Kier molecular flexibility index (Phi) is 4.71. The van der Waals surface area contributed by atoms with Crippen molar-refractivity contribution in [1.29, 1.82) is 0 Å². The molecule has 1 atom stereocenters. The van der Waals surface area contributed by atoms with Gasteiger partial charge in [-0.05, 0) is 44.5 Å². The van der Waals surface area contributed by atoms with Crippen LogP contribution in [0.3, 0.4) is 0 Å². The van der Waals surface area contributed by atoms with Gasteiger partial charge in [-0.15, -0.1) is 0 Å². The molecule has 0 radical (unpaired) electrons. The molecular formula is C17H27N3. The lowest BCUT2D eigenvalue weighted by atomic mass is 9.95. The molecule has 0 saturated carbocycles. The van der Waals surface area contributed by atoms with E-state index in [1.807, 2.05) is 0 Å². The summed E-state index contributed by atoms with van der Waals surface area (Å²) in [6.45, 7) is 7.33. The Morgan fingerprint density at radius 3 is 2.60 bits per heavy atom. The lowest BCUT2D eigenvalue weighted by Crippen LogP contribution is -2.48. The standard InChI is InChI=1S/C17H27N3/c1-19-10-7-15(8-11-19)13-20-12-9-18-17(14-20)16-5-3-2-4-6-16/h2-6,15,17-18H,7-14H2,1H3. The highest BCUT2D eigenvalue weighted by atomic mass is 15.2. The van der Waals surface area contributed by atoms with Gasteiger partial charge in [0.15, 0.2) is 0 Å². The van der Waals surface area contributed by atoms with E-state index in [9.17, 15) is 0 Å². The number of likely N-dealkylation sites (tertiary alicyclic amines) is 1. The molecule has 0 bridgehead atoms. The fourth-order valence-corrected chi connectivity index (χ4v) is 3.50. The average Bonchev–Trinajstić information content (AvgIpc) is 2.51. The highest BCUT2D eigenvalue weighted by Gasteiger charge is 2.24. The minimum absolute atomic E-state index is 0.510. The Balaban J connectivity index is 1.53. The van der Waals surface area contributed by atoms with E-state index in [1.165, 1.54) is 44.6 Å². The van der Waals surface area contributed by atoms with Gasteiger partial charge in [0.25, 0.3) is 0 Å². The van der Waals surface area contributed by atoms with Crippen LogP contribution in [0.5, 0.6) is 0 Å². The van der Waals surface area contributed by atoms with Crippen LogP contribution in [0.4, 0.5) is 0 Å². The Hall–Kier alpha value is -0.900. The summed E-state index contributed by atoms with van der Waals surface area (Å²) in [6.07, 6.45) is 2.74. The van der Waals surface area contributed by atoms with Gasteiger partial charge in [0, 0.05) is 32.2 Å². The molecule has 0 amide bonds. The molecule has 3 heteroatoms. The SMILES string of the molecule is CN1CCC(CN2CCNC(c3ccccc3)C2)CC1. The normalized spacial score (nSPS) is 26.8. The molecule has 2 aliphatic rings. The van der Waals surface area contributed by atoms with Gasteiger partial charge in [-0.2, -0.15) is 0 Å². The number of hydrogen-bond donors (Lipinski definition) is 1. The fourth-order valence-electron chi connectivity index (χ4n) is 3.50. The highest BCUT2D eigenvalue weighted by Crippen LogP contribution is 2.21. The predicted molar refractivity (Wildman–Crippen MR) is 83.8 cm³/mol. The zero-order valence-corrected chi connectivity index (χ0v) is 12.6. The number of nitrogens with one attached hydrogen (secondary N) is 1. The van der Waals surface area contributed by atoms with Crippen LogP contribution >= 0.6 is 0 Å². The molecule has 3 nitrogen and oxygen atoms in total. The first-order chi connectivity index (χ1) is 9.81. The number of rotatable bonds is 3. The van der Waals surface area contributed by atoms with Crippen LogP contribution in [0.25, 0.3) is 0 Å². The molecule has 1 aromatic rings. The van der Waals surface area contributed by atoms with Crippen LogP contribution in [0.15, 0.2) is 30.3 Å². The second-order valence-corrected chi connectivity index (χ2v) is 6.42. The molecule has 0 spiro atoms. The maximum Gasteiger partial charge on any atom is 0.0449 e. The summed E-state index contributed by atoms with van der Waals surface area (Å²) in [5.41, 5.74) is 1.43. The molecule has 2 fully saturated rings. The van der Waals surface area contributed by atoms with Crippen LogP contribution in [0.1, 0.15) is 24.4 Å². The van der Waals surface area contributed by atoms with E-state index < -0.39 is 0 Å². The van der Waals surface area contributed by atoms with Crippen molar-refractivity contribution in [2.45, 2.75) is 18.9 Å². The Morgan fingerprint density at radius 2 is 1.85 bits per heavy atom. The summed E-state index contributed by atoms with van der Waals surface area (Å²) >= 11 is 0. The minimum Gasteiger partial charge on any atom is -0.308 e. The second kappa shape index (κ2) is 6.70. The molecule has 1 unspecified atom stereocenters. The van der Waals surface area contributed by atoms with Crippen LogP contribution in [0.2, 0.25) is 0 Å². The van der Waals surface area contributed by atoms with Gasteiger partial charge < -0.3 is 10.2 Å². The maximum absolute atomic E-state index is 3.66. The van der Waals surface area contributed by atoms with Crippen molar-refractivity contribution in [2.24, 2.45) is 5.92 Å². The van der Waals surface area contributed by atoms with Crippen LogP contribution in [-0.4, -0.2) is 56.1 Å². The third-order valence-electron chi connectivity index (χ3n) is 4.82. The first kappa shape index (κ1) is 14.1.